The molecule has 0 aromatic carbocycles. The number of hydrogen-bond donors (Lipinski definition) is 1. The molecule has 110 valence electrons. The normalized spacial score (nSPS) is 14.6. The molecular formula is C16H26N4. The molecule has 0 bridgehead atoms. The summed E-state index contributed by atoms with van der Waals surface area (Å²) in [4.78, 5) is 11.5. The number of rotatable bonds is 8. The van der Waals surface area contributed by atoms with Crippen LogP contribution in [0.2, 0.25) is 0 Å². The summed E-state index contributed by atoms with van der Waals surface area (Å²) in [6, 6.07) is 0.609. The summed E-state index contributed by atoms with van der Waals surface area (Å²) in [5.74, 6) is 1.51. The Hall–Kier alpha value is -1.42. The minimum atomic E-state index is 0.609. The van der Waals surface area contributed by atoms with Gasteiger partial charge in [0.2, 0.25) is 5.95 Å². The molecule has 1 fully saturated rings. The maximum atomic E-state index is 4.68. The topological polar surface area (TPSA) is 41.1 Å². The molecule has 0 unspecified atom stereocenters. The highest BCUT2D eigenvalue weighted by molar-refractivity contribution is 5.37. The van der Waals surface area contributed by atoms with Gasteiger partial charge in [-0.15, -0.1) is 6.58 Å². The van der Waals surface area contributed by atoms with Gasteiger partial charge in [0.1, 0.15) is 0 Å². The summed E-state index contributed by atoms with van der Waals surface area (Å²) in [5, 5.41) is 3.44. The van der Waals surface area contributed by atoms with E-state index in [0.29, 0.717) is 12.0 Å². The van der Waals surface area contributed by atoms with Gasteiger partial charge in [-0.1, -0.05) is 19.9 Å². The second-order valence-electron chi connectivity index (χ2n) is 5.98. The van der Waals surface area contributed by atoms with Crippen LogP contribution < -0.4 is 10.2 Å². The Morgan fingerprint density at radius 1 is 1.50 bits per heavy atom. The van der Waals surface area contributed by atoms with Crippen LogP contribution in [0.4, 0.5) is 5.95 Å². The molecule has 1 aromatic heterocycles. The monoisotopic (exact) mass is 274 g/mol. The Labute approximate surface area is 122 Å². The van der Waals surface area contributed by atoms with Crippen molar-refractivity contribution in [1.82, 2.24) is 15.3 Å². The average molecular weight is 274 g/mol. The smallest absolute Gasteiger partial charge is 0.226 e. The van der Waals surface area contributed by atoms with E-state index in [1.54, 1.807) is 0 Å². The Kier molecular flexibility index (Phi) is 5.12. The van der Waals surface area contributed by atoms with Crippen molar-refractivity contribution in [2.45, 2.75) is 46.2 Å². The van der Waals surface area contributed by atoms with E-state index in [4.69, 9.17) is 0 Å². The molecule has 0 atom stereocenters. The number of nitrogens with zero attached hydrogens (tertiary/aromatic N) is 3. The quantitative estimate of drug-likeness (QED) is 0.740. The molecule has 0 radical (unpaired) electrons. The van der Waals surface area contributed by atoms with E-state index >= 15 is 0 Å². The second kappa shape index (κ2) is 6.84. The number of hydrogen-bond acceptors (Lipinski definition) is 4. The number of nitrogens with one attached hydrogen (secondary N) is 1. The van der Waals surface area contributed by atoms with Gasteiger partial charge in [-0.3, -0.25) is 0 Å². The van der Waals surface area contributed by atoms with Gasteiger partial charge >= 0.3 is 0 Å². The Bertz CT molecular complexity index is 452. The summed E-state index contributed by atoms with van der Waals surface area (Å²) in [5.41, 5.74) is 2.25. The molecule has 1 aliphatic carbocycles. The van der Waals surface area contributed by atoms with Crippen LogP contribution in [0.3, 0.4) is 0 Å². The summed E-state index contributed by atoms with van der Waals surface area (Å²) < 4.78 is 0. The summed E-state index contributed by atoms with van der Waals surface area (Å²) in [7, 11) is 0. The average Bonchev–Trinajstić information content (AvgIpc) is 3.22. The first-order valence-electron chi connectivity index (χ1n) is 7.52. The van der Waals surface area contributed by atoms with E-state index in [-0.39, 0.29) is 0 Å². The van der Waals surface area contributed by atoms with Gasteiger partial charge in [-0.2, -0.15) is 0 Å². The Balaban J connectivity index is 2.02. The zero-order chi connectivity index (χ0) is 14.5. The van der Waals surface area contributed by atoms with Gasteiger partial charge in [-0.25, -0.2) is 9.97 Å². The second-order valence-corrected chi connectivity index (χ2v) is 5.98. The van der Waals surface area contributed by atoms with E-state index in [0.717, 1.165) is 31.3 Å². The van der Waals surface area contributed by atoms with Crippen molar-refractivity contribution >= 4 is 5.95 Å². The summed E-state index contributed by atoms with van der Waals surface area (Å²) in [6.45, 7) is 13.0. The summed E-state index contributed by atoms with van der Waals surface area (Å²) >= 11 is 0. The molecule has 4 heteroatoms. The van der Waals surface area contributed by atoms with Crippen LogP contribution in [0.15, 0.2) is 18.9 Å². The maximum Gasteiger partial charge on any atom is 0.226 e. The van der Waals surface area contributed by atoms with Crippen LogP contribution in [0, 0.1) is 12.8 Å². The molecule has 1 heterocycles. The molecule has 0 aliphatic heterocycles. The SMILES string of the molecule is C=CCN(c1ncc(CNCC(C)C)c(C)n1)C1CC1. The largest absolute Gasteiger partial charge is 0.334 e. The fraction of sp³-hybridized carbons (Fsp3) is 0.625. The summed E-state index contributed by atoms with van der Waals surface area (Å²) in [6.07, 6.45) is 6.38. The van der Waals surface area contributed by atoms with Gasteiger partial charge < -0.3 is 10.2 Å². The van der Waals surface area contributed by atoms with Crippen LogP contribution >= 0.6 is 0 Å². The van der Waals surface area contributed by atoms with Crippen LogP contribution in [0.25, 0.3) is 0 Å². The predicted molar refractivity (Wildman–Crippen MR) is 83.9 cm³/mol. The molecule has 1 N–H and O–H groups in total. The van der Waals surface area contributed by atoms with Crippen molar-refractivity contribution in [3.63, 3.8) is 0 Å². The van der Waals surface area contributed by atoms with Gasteiger partial charge in [0.05, 0.1) is 0 Å². The molecule has 1 aromatic rings. The molecule has 0 saturated heterocycles. The Morgan fingerprint density at radius 3 is 2.80 bits per heavy atom. The molecule has 1 saturated carbocycles. The van der Waals surface area contributed by atoms with Crippen molar-refractivity contribution in [3.8, 4) is 0 Å². The maximum absolute atomic E-state index is 4.68. The minimum absolute atomic E-state index is 0.609. The lowest BCUT2D eigenvalue weighted by Gasteiger charge is -2.21. The first-order chi connectivity index (χ1) is 9.61. The van der Waals surface area contributed by atoms with Crippen molar-refractivity contribution in [3.05, 3.63) is 30.1 Å². The van der Waals surface area contributed by atoms with Crippen LogP contribution in [0.5, 0.6) is 0 Å². The highest BCUT2D eigenvalue weighted by Gasteiger charge is 2.30. The van der Waals surface area contributed by atoms with Gasteiger partial charge in [0, 0.05) is 36.6 Å². The fourth-order valence-corrected chi connectivity index (χ4v) is 2.21. The Morgan fingerprint density at radius 2 is 2.25 bits per heavy atom. The molecule has 20 heavy (non-hydrogen) atoms. The first kappa shape index (κ1) is 15.0. The third-order valence-corrected chi connectivity index (χ3v) is 3.51. The number of aryl methyl sites for hydroxylation is 1. The first-order valence-corrected chi connectivity index (χ1v) is 7.52. The van der Waals surface area contributed by atoms with E-state index in [9.17, 15) is 0 Å². The minimum Gasteiger partial charge on any atom is -0.334 e. The number of aromatic nitrogens is 2. The van der Waals surface area contributed by atoms with E-state index in [2.05, 4.69) is 47.5 Å². The van der Waals surface area contributed by atoms with E-state index in [1.165, 1.54) is 18.4 Å². The molecule has 0 spiro atoms. The van der Waals surface area contributed by atoms with Crippen molar-refractivity contribution in [2.24, 2.45) is 5.92 Å². The lowest BCUT2D eigenvalue weighted by Crippen LogP contribution is -2.28. The highest BCUT2D eigenvalue weighted by atomic mass is 15.3. The third kappa shape index (κ3) is 4.04. The lowest BCUT2D eigenvalue weighted by molar-refractivity contribution is 0.550. The van der Waals surface area contributed by atoms with Crippen LogP contribution in [0.1, 0.15) is 37.9 Å². The van der Waals surface area contributed by atoms with Crippen LogP contribution in [-0.2, 0) is 6.54 Å². The fourth-order valence-electron chi connectivity index (χ4n) is 2.21. The molecule has 0 amide bonds. The lowest BCUT2D eigenvalue weighted by atomic mass is 10.2. The molecule has 1 aliphatic rings. The molecular weight excluding hydrogens is 248 g/mol. The third-order valence-electron chi connectivity index (χ3n) is 3.51. The van der Waals surface area contributed by atoms with E-state index < -0.39 is 0 Å². The molecule has 2 rings (SSSR count). The van der Waals surface area contributed by atoms with Gasteiger partial charge in [0.25, 0.3) is 0 Å². The zero-order valence-corrected chi connectivity index (χ0v) is 12.9. The van der Waals surface area contributed by atoms with Crippen LogP contribution in [-0.4, -0.2) is 29.1 Å². The zero-order valence-electron chi connectivity index (χ0n) is 12.9. The van der Waals surface area contributed by atoms with E-state index in [1.807, 2.05) is 12.3 Å². The highest BCUT2D eigenvalue weighted by Crippen LogP contribution is 2.29. The van der Waals surface area contributed by atoms with Crippen molar-refractivity contribution < 1.29 is 0 Å². The van der Waals surface area contributed by atoms with Crippen molar-refractivity contribution in [2.75, 3.05) is 18.0 Å². The molecule has 4 nitrogen and oxygen atoms in total. The van der Waals surface area contributed by atoms with Crippen molar-refractivity contribution in [1.29, 1.82) is 0 Å². The number of anilines is 1. The predicted octanol–water partition coefficient (Wildman–Crippen LogP) is 2.69. The standard InChI is InChI=1S/C16H26N4/c1-5-8-20(15-6-7-15)16-18-11-14(13(4)19-16)10-17-9-12(2)3/h5,11-12,15,17H,1,6-10H2,2-4H3. The van der Waals surface area contributed by atoms with Gasteiger partial charge in [-0.05, 0) is 32.2 Å². The van der Waals surface area contributed by atoms with Gasteiger partial charge in [0.15, 0.2) is 0 Å².